The third-order valence-corrected chi connectivity index (χ3v) is 6.17. The standard InChI is InChI=1S/C19H23N3O2S2.ClH/c1-3-4-8-15-18(23)21(19(24)26-15)11-5-6-12-25-17-10-7-9-16-20-14(2)13-22(16)17;/h7-10,13H,3-6,11-12H2,1-2H3;1H. The molecule has 0 aromatic carbocycles. The molecule has 5 nitrogen and oxygen atoms in total. The van der Waals surface area contributed by atoms with Gasteiger partial charge in [-0.25, -0.2) is 4.98 Å². The first kappa shape index (κ1) is 21.9. The monoisotopic (exact) mass is 425 g/mol. The van der Waals surface area contributed by atoms with Gasteiger partial charge in [-0.1, -0.05) is 25.5 Å². The van der Waals surface area contributed by atoms with Crippen LogP contribution in [-0.4, -0.2) is 37.7 Å². The van der Waals surface area contributed by atoms with Crippen molar-refractivity contribution in [3.63, 3.8) is 0 Å². The number of nitrogens with zero attached hydrogens (tertiary/aromatic N) is 3. The summed E-state index contributed by atoms with van der Waals surface area (Å²) in [6, 6.07) is 6.11. The van der Waals surface area contributed by atoms with Gasteiger partial charge in [-0.05, 0) is 55.8 Å². The minimum Gasteiger partial charge on any atom is -0.294 e. The zero-order valence-corrected chi connectivity index (χ0v) is 18.0. The van der Waals surface area contributed by atoms with E-state index in [0.717, 1.165) is 59.6 Å². The van der Waals surface area contributed by atoms with Crippen LogP contribution in [0, 0.1) is 6.92 Å². The van der Waals surface area contributed by atoms with E-state index in [1.165, 1.54) is 4.90 Å². The molecule has 1 fully saturated rings. The topological polar surface area (TPSA) is 54.7 Å². The number of thioether (sulfide) groups is 2. The SMILES string of the molecule is CCCC=C1SC(=O)N(CCCCSc2cccc3nc(C)cn23)C1=O.Cl. The molecule has 1 aliphatic rings. The number of imidazole rings is 1. The van der Waals surface area contributed by atoms with E-state index in [0.29, 0.717) is 11.4 Å². The van der Waals surface area contributed by atoms with E-state index in [9.17, 15) is 9.59 Å². The summed E-state index contributed by atoms with van der Waals surface area (Å²) in [5.41, 5.74) is 1.97. The van der Waals surface area contributed by atoms with Gasteiger partial charge in [0.1, 0.15) is 5.65 Å². The molecule has 1 aliphatic heterocycles. The molecular formula is C19H24ClN3O2S2. The van der Waals surface area contributed by atoms with Crippen LogP contribution < -0.4 is 0 Å². The van der Waals surface area contributed by atoms with Gasteiger partial charge >= 0.3 is 0 Å². The Morgan fingerprint density at radius 2 is 2.07 bits per heavy atom. The van der Waals surface area contributed by atoms with Gasteiger partial charge in [-0.3, -0.25) is 18.9 Å². The van der Waals surface area contributed by atoms with Gasteiger partial charge in [0.15, 0.2) is 0 Å². The molecule has 2 amide bonds. The van der Waals surface area contributed by atoms with Crippen molar-refractivity contribution in [3.05, 3.63) is 41.1 Å². The zero-order chi connectivity index (χ0) is 18.5. The van der Waals surface area contributed by atoms with Crippen molar-refractivity contribution in [3.8, 4) is 0 Å². The second kappa shape index (κ2) is 10.2. The van der Waals surface area contributed by atoms with Gasteiger partial charge in [0.05, 0.1) is 15.6 Å². The number of unbranched alkanes of at least 4 members (excludes halogenated alkanes) is 2. The van der Waals surface area contributed by atoms with Crippen LogP contribution in [0.1, 0.15) is 38.3 Å². The van der Waals surface area contributed by atoms with Crippen molar-refractivity contribution in [1.29, 1.82) is 0 Å². The fraction of sp³-hybridized carbons (Fsp3) is 0.421. The fourth-order valence-electron chi connectivity index (χ4n) is 2.78. The number of hydrogen-bond donors (Lipinski definition) is 0. The second-order valence-corrected chi connectivity index (χ2v) is 8.32. The Hall–Kier alpha value is -1.44. The molecule has 0 radical (unpaired) electrons. The van der Waals surface area contributed by atoms with Crippen molar-refractivity contribution >= 4 is 52.7 Å². The molecule has 0 N–H and O–H groups in total. The van der Waals surface area contributed by atoms with Crippen LogP contribution in [0.3, 0.4) is 0 Å². The molecule has 2 aromatic heterocycles. The summed E-state index contributed by atoms with van der Waals surface area (Å²) in [5, 5.41) is 1.03. The summed E-state index contributed by atoms with van der Waals surface area (Å²) in [6.07, 6.45) is 7.52. The number of halogens is 1. The molecular weight excluding hydrogens is 402 g/mol. The molecule has 0 aliphatic carbocycles. The quantitative estimate of drug-likeness (QED) is 0.325. The Bertz CT molecular complexity index is 851. The maximum atomic E-state index is 12.3. The molecule has 0 spiro atoms. The Balaban J connectivity index is 0.00000261. The van der Waals surface area contributed by atoms with Crippen LogP contribution in [0.4, 0.5) is 4.79 Å². The summed E-state index contributed by atoms with van der Waals surface area (Å²) >= 11 is 2.85. The predicted molar refractivity (Wildman–Crippen MR) is 115 cm³/mol. The van der Waals surface area contributed by atoms with Crippen LogP contribution in [0.15, 0.2) is 40.4 Å². The minimum atomic E-state index is -0.135. The molecule has 0 unspecified atom stereocenters. The highest BCUT2D eigenvalue weighted by Crippen LogP contribution is 2.31. The van der Waals surface area contributed by atoms with Gasteiger partial charge in [0.2, 0.25) is 0 Å². The van der Waals surface area contributed by atoms with Gasteiger partial charge in [-0.2, -0.15) is 0 Å². The van der Waals surface area contributed by atoms with Gasteiger partial charge in [0.25, 0.3) is 11.1 Å². The lowest BCUT2D eigenvalue weighted by Gasteiger charge is -2.12. The molecule has 3 heterocycles. The molecule has 0 saturated carbocycles. The summed E-state index contributed by atoms with van der Waals surface area (Å²) < 4.78 is 2.11. The number of pyridine rings is 1. The first-order valence-electron chi connectivity index (χ1n) is 8.91. The Morgan fingerprint density at radius 1 is 1.26 bits per heavy atom. The Morgan fingerprint density at radius 3 is 2.85 bits per heavy atom. The maximum Gasteiger partial charge on any atom is 0.293 e. The molecule has 27 heavy (non-hydrogen) atoms. The third kappa shape index (κ3) is 5.30. The first-order chi connectivity index (χ1) is 12.6. The average Bonchev–Trinajstić information content (AvgIpc) is 3.13. The van der Waals surface area contributed by atoms with E-state index in [1.54, 1.807) is 11.8 Å². The summed E-state index contributed by atoms with van der Waals surface area (Å²) in [4.78, 5) is 30.7. The van der Waals surface area contributed by atoms with Gasteiger partial charge in [-0.15, -0.1) is 24.2 Å². The molecule has 8 heteroatoms. The summed E-state index contributed by atoms with van der Waals surface area (Å²) in [5.74, 6) is 0.817. The molecule has 3 rings (SSSR count). The highest BCUT2D eigenvalue weighted by atomic mass is 35.5. The van der Waals surface area contributed by atoms with Gasteiger partial charge < -0.3 is 0 Å². The van der Waals surface area contributed by atoms with Crippen LogP contribution in [0.25, 0.3) is 5.65 Å². The lowest BCUT2D eigenvalue weighted by atomic mass is 10.3. The van der Waals surface area contributed by atoms with E-state index in [4.69, 9.17) is 0 Å². The van der Waals surface area contributed by atoms with Crippen molar-refractivity contribution in [2.24, 2.45) is 0 Å². The van der Waals surface area contributed by atoms with Crippen molar-refractivity contribution in [1.82, 2.24) is 14.3 Å². The van der Waals surface area contributed by atoms with E-state index in [1.807, 2.05) is 31.3 Å². The zero-order valence-electron chi connectivity index (χ0n) is 15.5. The first-order valence-corrected chi connectivity index (χ1v) is 10.7. The van der Waals surface area contributed by atoms with Crippen LogP contribution in [0.2, 0.25) is 0 Å². The molecule has 0 bridgehead atoms. The second-order valence-electron chi connectivity index (χ2n) is 6.21. The molecule has 2 aromatic rings. The summed E-state index contributed by atoms with van der Waals surface area (Å²) in [7, 11) is 0. The number of amides is 2. The van der Waals surface area contributed by atoms with Crippen LogP contribution in [0.5, 0.6) is 0 Å². The van der Waals surface area contributed by atoms with Crippen molar-refractivity contribution in [2.75, 3.05) is 12.3 Å². The fourth-order valence-corrected chi connectivity index (χ4v) is 4.67. The average molecular weight is 426 g/mol. The third-order valence-electron chi connectivity index (χ3n) is 4.09. The van der Waals surface area contributed by atoms with Crippen LogP contribution >= 0.6 is 35.9 Å². The molecule has 1 saturated heterocycles. The Kier molecular flexibility index (Phi) is 8.26. The number of aryl methyl sites for hydroxylation is 1. The van der Waals surface area contributed by atoms with Crippen molar-refractivity contribution < 1.29 is 9.59 Å². The Labute approximate surface area is 174 Å². The number of imide groups is 1. The van der Waals surface area contributed by atoms with E-state index in [2.05, 4.69) is 22.4 Å². The van der Waals surface area contributed by atoms with Gasteiger partial charge in [0, 0.05) is 12.7 Å². The normalized spacial score (nSPS) is 15.8. The highest BCUT2D eigenvalue weighted by molar-refractivity contribution is 8.18. The number of aromatic nitrogens is 2. The van der Waals surface area contributed by atoms with E-state index < -0.39 is 0 Å². The largest absolute Gasteiger partial charge is 0.294 e. The number of hydrogen-bond acceptors (Lipinski definition) is 5. The highest BCUT2D eigenvalue weighted by Gasteiger charge is 2.34. The summed E-state index contributed by atoms with van der Waals surface area (Å²) in [6.45, 7) is 4.56. The molecule has 146 valence electrons. The number of carbonyl (C=O) groups excluding carboxylic acids is 2. The smallest absolute Gasteiger partial charge is 0.293 e. The number of fused-ring (bicyclic) bond motifs is 1. The van der Waals surface area contributed by atoms with Crippen LogP contribution in [-0.2, 0) is 4.79 Å². The number of allylic oxidation sites excluding steroid dienone is 1. The maximum absolute atomic E-state index is 12.3. The molecule has 0 atom stereocenters. The lowest BCUT2D eigenvalue weighted by Crippen LogP contribution is -2.29. The lowest BCUT2D eigenvalue weighted by molar-refractivity contribution is -0.122. The number of carbonyl (C=O) groups is 2. The predicted octanol–water partition coefficient (Wildman–Crippen LogP) is 5.32. The minimum absolute atomic E-state index is 0. The van der Waals surface area contributed by atoms with Crippen molar-refractivity contribution in [2.45, 2.75) is 44.6 Å². The number of rotatable bonds is 8. The van der Waals surface area contributed by atoms with E-state index in [-0.39, 0.29) is 23.6 Å². The van der Waals surface area contributed by atoms with E-state index >= 15 is 0 Å².